The number of hydrogen-bond acceptors (Lipinski definition) is 6. The van der Waals surface area contributed by atoms with Crippen LogP contribution in [0.3, 0.4) is 0 Å². The maximum Gasteiger partial charge on any atom is 0.381 e. The van der Waals surface area contributed by atoms with Crippen molar-refractivity contribution in [3.05, 3.63) is 39.9 Å². The molecular formula is C17H15F8NO6. The van der Waals surface area contributed by atoms with Crippen molar-refractivity contribution in [3.8, 4) is 0 Å². The van der Waals surface area contributed by atoms with Crippen molar-refractivity contribution in [1.29, 1.82) is 0 Å². The second kappa shape index (κ2) is 10.5. The molecule has 0 radical (unpaired) electrons. The molecular weight excluding hydrogens is 466 g/mol. The van der Waals surface area contributed by atoms with Crippen LogP contribution in [0.15, 0.2) is 24.3 Å². The smallest absolute Gasteiger partial charge is 0.381 e. The van der Waals surface area contributed by atoms with Gasteiger partial charge in [-0.1, -0.05) is 12.1 Å². The van der Waals surface area contributed by atoms with Crippen molar-refractivity contribution < 1.29 is 59.1 Å². The van der Waals surface area contributed by atoms with Crippen molar-refractivity contribution in [1.82, 2.24) is 0 Å². The fourth-order valence-corrected chi connectivity index (χ4v) is 2.09. The highest BCUT2D eigenvalue weighted by molar-refractivity contribution is 5.72. The Labute approximate surface area is 174 Å². The van der Waals surface area contributed by atoms with Gasteiger partial charge in [-0.15, -0.1) is 0 Å². The molecule has 1 aromatic carbocycles. The SMILES string of the molecule is O=C(CCCC(=O)OCC(F)(F)C(F)(F)C(F)(F)C(F)F)OCc1cccc([N+](=O)[O-])c1. The molecule has 0 N–H and O–H groups in total. The molecule has 0 saturated heterocycles. The number of hydrogen-bond donors (Lipinski definition) is 0. The number of benzene rings is 1. The van der Waals surface area contributed by atoms with Gasteiger partial charge in [0.15, 0.2) is 6.61 Å². The molecule has 32 heavy (non-hydrogen) atoms. The van der Waals surface area contributed by atoms with E-state index in [1.54, 1.807) is 0 Å². The van der Waals surface area contributed by atoms with Crippen molar-refractivity contribution in [2.75, 3.05) is 6.61 Å². The Morgan fingerprint density at radius 1 is 1.00 bits per heavy atom. The van der Waals surface area contributed by atoms with E-state index in [4.69, 9.17) is 4.74 Å². The zero-order valence-corrected chi connectivity index (χ0v) is 15.8. The Kier molecular flexibility index (Phi) is 8.91. The third kappa shape index (κ3) is 6.75. The molecule has 0 amide bonds. The molecule has 0 aliphatic heterocycles. The highest BCUT2D eigenvalue weighted by atomic mass is 19.4. The summed E-state index contributed by atoms with van der Waals surface area (Å²) < 4.78 is 110. The van der Waals surface area contributed by atoms with Crippen molar-refractivity contribution >= 4 is 17.6 Å². The summed E-state index contributed by atoms with van der Waals surface area (Å²) in [5.41, 5.74) is 0.0192. The lowest BCUT2D eigenvalue weighted by Crippen LogP contribution is -2.59. The van der Waals surface area contributed by atoms with Crippen molar-refractivity contribution in [2.45, 2.75) is 50.1 Å². The molecule has 7 nitrogen and oxygen atoms in total. The van der Waals surface area contributed by atoms with Crippen molar-refractivity contribution in [3.63, 3.8) is 0 Å². The average molecular weight is 481 g/mol. The number of ether oxygens (including phenoxy) is 2. The number of nitro benzene ring substituents is 1. The van der Waals surface area contributed by atoms with Gasteiger partial charge in [-0.2, -0.15) is 26.3 Å². The third-order valence-electron chi connectivity index (χ3n) is 3.85. The number of rotatable bonds is 12. The first-order valence-corrected chi connectivity index (χ1v) is 8.58. The normalized spacial score (nSPS) is 12.5. The van der Waals surface area contributed by atoms with Crippen LogP contribution in [0.25, 0.3) is 0 Å². The Balaban J connectivity index is 2.44. The van der Waals surface area contributed by atoms with Crippen LogP contribution in [0.5, 0.6) is 0 Å². The lowest BCUT2D eigenvalue weighted by Gasteiger charge is -2.31. The summed E-state index contributed by atoms with van der Waals surface area (Å²) in [6.45, 7) is -2.94. The molecule has 0 saturated carbocycles. The Morgan fingerprint density at radius 2 is 1.56 bits per heavy atom. The van der Waals surface area contributed by atoms with Gasteiger partial charge in [-0.05, 0) is 12.0 Å². The largest absolute Gasteiger partial charge is 0.461 e. The fourth-order valence-electron chi connectivity index (χ4n) is 2.09. The summed E-state index contributed by atoms with van der Waals surface area (Å²) in [6.07, 6.45) is -6.72. The number of nitro groups is 1. The van der Waals surface area contributed by atoms with Crippen LogP contribution in [0.2, 0.25) is 0 Å². The second-order valence-electron chi connectivity index (χ2n) is 6.30. The standard InChI is InChI=1S/C17H15F8NO6/c18-14(19)16(22,23)17(24,25)15(20,21)9-32-13(28)6-2-5-12(27)31-8-10-3-1-4-11(7-10)26(29)30/h1,3-4,7,14H,2,5-6,8-9H2. The molecule has 0 unspecified atom stereocenters. The van der Waals surface area contributed by atoms with Gasteiger partial charge < -0.3 is 9.47 Å². The monoisotopic (exact) mass is 481 g/mol. The minimum atomic E-state index is -6.50. The molecule has 180 valence electrons. The molecule has 0 bridgehead atoms. The Bertz CT molecular complexity index is 833. The molecule has 0 aromatic heterocycles. The van der Waals surface area contributed by atoms with Crippen LogP contribution in [0.1, 0.15) is 24.8 Å². The number of esters is 2. The summed E-state index contributed by atoms with van der Waals surface area (Å²) in [7, 11) is 0. The van der Waals surface area contributed by atoms with Gasteiger partial charge in [0.05, 0.1) is 4.92 Å². The van der Waals surface area contributed by atoms with Gasteiger partial charge in [-0.3, -0.25) is 19.7 Å². The third-order valence-corrected chi connectivity index (χ3v) is 3.85. The fraction of sp³-hybridized carbons (Fsp3) is 0.529. The maximum atomic E-state index is 13.3. The number of carbonyl (C=O) groups is 2. The van der Waals surface area contributed by atoms with Gasteiger partial charge in [0.25, 0.3) is 5.69 Å². The van der Waals surface area contributed by atoms with Crippen LogP contribution in [-0.4, -0.2) is 47.7 Å². The van der Waals surface area contributed by atoms with E-state index in [1.165, 1.54) is 18.2 Å². The summed E-state index contributed by atoms with van der Waals surface area (Å²) in [5.74, 6) is -21.1. The molecule has 1 rings (SSSR count). The van der Waals surface area contributed by atoms with E-state index in [-0.39, 0.29) is 24.3 Å². The van der Waals surface area contributed by atoms with Gasteiger partial charge in [-0.25, -0.2) is 8.78 Å². The predicted octanol–water partition coefficient (Wildman–Crippen LogP) is 4.52. The van der Waals surface area contributed by atoms with Gasteiger partial charge in [0.1, 0.15) is 6.61 Å². The average Bonchev–Trinajstić information content (AvgIpc) is 2.70. The number of non-ortho nitro benzene ring substituents is 1. The molecule has 0 spiro atoms. The Morgan fingerprint density at radius 3 is 2.09 bits per heavy atom. The van der Waals surface area contributed by atoms with E-state index >= 15 is 0 Å². The van der Waals surface area contributed by atoms with E-state index in [9.17, 15) is 54.8 Å². The highest BCUT2D eigenvalue weighted by Gasteiger charge is 2.75. The first-order chi connectivity index (χ1) is 14.6. The van der Waals surface area contributed by atoms with Gasteiger partial charge in [0.2, 0.25) is 0 Å². The van der Waals surface area contributed by atoms with Crippen LogP contribution in [-0.2, 0) is 25.7 Å². The van der Waals surface area contributed by atoms with E-state index in [0.29, 0.717) is 0 Å². The van der Waals surface area contributed by atoms with Crippen molar-refractivity contribution in [2.24, 2.45) is 0 Å². The zero-order valence-electron chi connectivity index (χ0n) is 15.8. The summed E-state index contributed by atoms with van der Waals surface area (Å²) in [4.78, 5) is 32.8. The summed E-state index contributed by atoms with van der Waals surface area (Å²) >= 11 is 0. The first-order valence-electron chi connectivity index (χ1n) is 8.58. The topological polar surface area (TPSA) is 95.7 Å². The summed E-state index contributed by atoms with van der Waals surface area (Å²) in [6, 6.07) is 5.10. The lowest BCUT2D eigenvalue weighted by atomic mass is 10.1. The molecule has 0 atom stereocenters. The molecule has 0 heterocycles. The number of halogens is 8. The van der Waals surface area contributed by atoms with Gasteiger partial charge >= 0.3 is 36.1 Å². The van der Waals surface area contributed by atoms with Crippen LogP contribution < -0.4 is 0 Å². The predicted molar refractivity (Wildman–Crippen MR) is 88.5 cm³/mol. The Hall–Kier alpha value is -3.00. The minimum Gasteiger partial charge on any atom is -0.461 e. The van der Waals surface area contributed by atoms with E-state index in [0.717, 1.165) is 6.07 Å². The number of nitrogens with zero attached hydrogens (tertiary/aromatic N) is 1. The highest BCUT2D eigenvalue weighted by Crippen LogP contribution is 2.48. The maximum absolute atomic E-state index is 13.3. The second-order valence-corrected chi connectivity index (χ2v) is 6.30. The zero-order chi connectivity index (χ0) is 24.7. The molecule has 15 heteroatoms. The molecule has 0 aliphatic rings. The molecule has 1 aromatic rings. The minimum absolute atomic E-state index is 0.255. The lowest BCUT2D eigenvalue weighted by molar-refractivity contribution is -0.384. The van der Waals surface area contributed by atoms with E-state index in [2.05, 4.69) is 4.74 Å². The molecule has 0 fully saturated rings. The van der Waals surface area contributed by atoms with E-state index < -0.39 is 60.5 Å². The number of alkyl halides is 8. The van der Waals surface area contributed by atoms with Crippen LogP contribution >= 0.6 is 0 Å². The molecule has 0 aliphatic carbocycles. The number of carbonyl (C=O) groups excluding carboxylic acids is 2. The first kappa shape index (κ1) is 27.0. The quantitative estimate of drug-likeness (QED) is 0.189. The van der Waals surface area contributed by atoms with Gasteiger partial charge in [0, 0.05) is 25.0 Å². The van der Waals surface area contributed by atoms with Crippen LogP contribution in [0.4, 0.5) is 40.8 Å². The van der Waals surface area contributed by atoms with E-state index in [1.807, 2.05) is 0 Å². The summed E-state index contributed by atoms with van der Waals surface area (Å²) in [5, 5.41) is 10.6. The van der Waals surface area contributed by atoms with Crippen LogP contribution in [0, 0.1) is 10.1 Å².